The van der Waals surface area contributed by atoms with E-state index in [0.717, 1.165) is 32.1 Å². The molecule has 0 aliphatic heterocycles. The summed E-state index contributed by atoms with van der Waals surface area (Å²) >= 11 is 1.23. The van der Waals surface area contributed by atoms with Crippen molar-refractivity contribution in [1.29, 1.82) is 5.26 Å². The van der Waals surface area contributed by atoms with E-state index in [0.29, 0.717) is 5.03 Å². The second-order valence-electron chi connectivity index (χ2n) is 8.36. The highest BCUT2D eigenvalue weighted by atomic mass is 32.2. The maximum absolute atomic E-state index is 12.9. The van der Waals surface area contributed by atoms with Crippen molar-refractivity contribution in [3.05, 3.63) is 18.3 Å². The lowest BCUT2D eigenvalue weighted by Crippen LogP contribution is -2.51. The van der Waals surface area contributed by atoms with Crippen LogP contribution in [0.25, 0.3) is 0 Å². The quantitative estimate of drug-likeness (QED) is 0.605. The third-order valence-electron chi connectivity index (χ3n) is 5.91. The standard InChI is InChI=1S/C21H32N4O3S2/c1-15(2)21(4,14-22)24-20(26)16(3)29-19-12-11-18(13-23-19)30(27,28)25(5)17-9-7-6-8-10-17/h11-13,15-17H,6-10H2,1-5H3,(H,24,26). The van der Waals surface area contributed by atoms with E-state index in [9.17, 15) is 18.5 Å². The minimum Gasteiger partial charge on any atom is -0.337 e. The van der Waals surface area contributed by atoms with Crippen LogP contribution >= 0.6 is 11.8 Å². The molecule has 2 atom stereocenters. The Morgan fingerprint density at radius 1 is 1.30 bits per heavy atom. The molecule has 1 heterocycles. The number of nitrogens with one attached hydrogen (secondary N) is 1. The van der Waals surface area contributed by atoms with Crippen molar-refractivity contribution in [2.45, 2.75) is 86.6 Å². The minimum absolute atomic E-state index is 0.0348. The van der Waals surface area contributed by atoms with Crippen LogP contribution in [0.4, 0.5) is 0 Å². The van der Waals surface area contributed by atoms with Crippen LogP contribution in [-0.4, -0.2) is 47.5 Å². The van der Waals surface area contributed by atoms with E-state index < -0.39 is 20.8 Å². The molecule has 0 bridgehead atoms. The molecule has 0 spiro atoms. The van der Waals surface area contributed by atoms with E-state index in [1.807, 2.05) is 13.8 Å². The van der Waals surface area contributed by atoms with Gasteiger partial charge in [0, 0.05) is 19.3 Å². The van der Waals surface area contributed by atoms with Gasteiger partial charge in [-0.05, 0) is 44.7 Å². The van der Waals surface area contributed by atoms with Crippen LogP contribution in [0.3, 0.4) is 0 Å². The van der Waals surface area contributed by atoms with Crippen LogP contribution in [0.15, 0.2) is 28.3 Å². The number of amides is 1. The van der Waals surface area contributed by atoms with Crippen LogP contribution in [-0.2, 0) is 14.8 Å². The van der Waals surface area contributed by atoms with E-state index in [1.165, 1.54) is 22.3 Å². The third kappa shape index (κ3) is 5.74. The summed E-state index contributed by atoms with van der Waals surface area (Å²) in [6, 6.07) is 5.37. The second-order valence-corrected chi connectivity index (χ2v) is 11.7. The van der Waals surface area contributed by atoms with Gasteiger partial charge in [0.05, 0.1) is 16.3 Å². The molecular weight excluding hydrogens is 420 g/mol. The van der Waals surface area contributed by atoms with Gasteiger partial charge < -0.3 is 5.32 Å². The third-order valence-corrected chi connectivity index (χ3v) is 8.86. The Morgan fingerprint density at radius 3 is 2.43 bits per heavy atom. The van der Waals surface area contributed by atoms with Crippen molar-refractivity contribution in [3.63, 3.8) is 0 Å². The van der Waals surface area contributed by atoms with Crippen LogP contribution in [0.5, 0.6) is 0 Å². The normalized spacial score (nSPS) is 18.6. The van der Waals surface area contributed by atoms with E-state index >= 15 is 0 Å². The van der Waals surface area contributed by atoms with Crippen molar-refractivity contribution >= 4 is 27.7 Å². The number of pyridine rings is 1. The Labute approximate surface area is 184 Å². The summed E-state index contributed by atoms with van der Waals surface area (Å²) in [5, 5.41) is 12.3. The van der Waals surface area contributed by atoms with Gasteiger partial charge in [0.1, 0.15) is 10.4 Å². The van der Waals surface area contributed by atoms with E-state index in [2.05, 4.69) is 16.4 Å². The van der Waals surface area contributed by atoms with Crippen molar-refractivity contribution < 1.29 is 13.2 Å². The maximum atomic E-state index is 12.9. The summed E-state index contributed by atoms with van der Waals surface area (Å²) in [6.45, 7) is 7.20. The zero-order valence-electron chi connectivity index (χ0n) is 18.4. The molecule has 1 N–H and O–H groups in total. The fourth-order valence-electron chi connectivity index (χ4n) is 3.29. The minimum atomic E-state index is -3.59. The molecule has 0 aromatic carbocycles. The van der Waals surface area contributed by atoms with E-state index in [1.54, 1.807) is 33.0 Å². The number of carbonyl (C=O) groups excluding carboxylic acids is 1. The monoisotopic (exact) mass is 452 g/mol. The lowest BCUT2D eigenvalue weighted by molar-refractivity contribution is -0.121. The van der Waals surface area contributed by atoms with Crippen molar-refractivity contribution in [3.8, 4) is 6.07 Å². The first kappa shape index (κ1) is 24.6. The van der Waals surface area contributed by atoms with Crippen molar-refractivity contribution in [2.75, 3.05) is 7.05 Å². The molecule has 2 unspecified atom stereocenters. The zero-order chi connectivity index (χ0) is 22.5. The molecule has 9 heteroatoms. The molecule has 1 amide bonds. The molecule has 1 aromatic heterocycles. The summed E-state index contributed by atoms with van der Waals surface area (Å²) in [5.74, 6) is -0.291. The maximum Gasteiger partial charge on any atom is 0.244 e. The molecular formula is C21H32N4O3S2. The first-order chi connectivity index (χ1) is 14.0. The summed E-state index contributed by atoms with van der Waals surface area (Å²) in [5.41, 5.74) is -0.943. The average molecular weight is 453 g/mol. The molecule has 1 fully saturated rings. The number of carbonyl (C=O) groups is 1. The first-order valence-corrected chi connectivity index (χ1v) is 12.7. The molecule has 1 aromatic rings. The first-order valence-electron chi connectivity index (χ1n) is 10.4. The van der Waals surface area contributed by atoms with Crippen LogP contribution in [0.1, 0.15) is 59.8 Å². The summed E-state index contributed by atoms with van der Waals surface area (Å²) in [6.07, 6.45) is 6.41. The zero-order valence-corrected chi connectivity index (χ0v) is 20.0. The largest absolute Gasteiger partial charge is 0.337 e. The lowest BCUT2D eigenvalue weighted by atomic mass is 9.90. The molecule has 1 saturated carbocycles. The number of hydrogen-bond acceptors (Lipinski definition) is 6. The lowest BCUT2D eigenvalue weighted by Gasteiger charge is -2.30. The Morgan fingerprint density at radius 2 is 1.93 bits per heavy atom. The van der Waals surface area contributed by atoms with Gasteiger partial charge in [-0.25, -0.2) is 13.4 Å². The number of nitriles is 1. The fourth-order valence-corrected chi connectivity index (χ4v) is 5.44. The summed E-state index contributed by atoms with van der Waals surface area (Å²) < 4.78 is 27.3. The molecule has 0 saturated heterocycles. The number of rotatable bonds is 8. The van der Waals surface area contributed by atoms with Gasteiger partial charge in [-0.1, -0.05) is 44.9 Å². The Balaban J connectivity index is 2.04. The molecule has 1 aliphatic rings. The smallest absolute Gasteiger partial charge is 0.244 e. The topological polar surface area (TPSA) is 103 Å². The molecule has 0 radical (unpaired) electrons. The molecule has 30 heavy (non-hydrogen) atoms. The summed E-state index contributed by atoms with van der Waals surface area (Å²) in [7, 11) is -1.95. The molecule has 7 nitrogen and oxygen atoms in total. The average Bonchev–Trinajstić information content (AvgIpc) is 2.73. The van der Waals surface area contributed by atoms with Gasteiger partial charge in [-0.15, -0.1) is 0 Å². The Hall–Kier alpha value is -1.63. The molecule has 2 rings (SSSR count). The Bertz CT molecular complexity index is 875. The highest BCUT2D eigenvalue weighted by Gasteiger charge is 2.32. The van der Waals surface area contributed by atoms with Gasteiger partial charge in [-0.3, -0.25) is 4.79 Å². The number of nitrogens with zero attached hydrogens (tertiary/aromatic N) is 3. The Kier molecular flexibility index (Phi) is 8.31. The number of thioether (sulfide) groups is 1. The van der Waals surface area contributed by atoms with Crippen LogP contribution in [0, 0.1) is 17.2 Å². The van der Waals surface area contributed by atoms with Gasteiger partial charge >= 0.3 is 0 Å². The number of aromatic nitrogens is 1. The van der Waals surface area contributed by atoms with Gasteiger partial charge in [-0.2, -0.15) is 9.57 Å². The number of hydrogen-bond donors (Lipinski definition) is 1. The highest BCUT2D eigenvalue weighted by Crippen LogP contribution is 2.28. The van der Waals surface area contributed by atoms with Gasteiger partial charge in [0.2, 0.25) is 15.9 Å². The number of sulfonamides is 1. The SMILES string of the molecule is CC(Sc1ccc(S(=O)(=O)N(C)C2CCCCC2)cn1)C(=O)NC(C)(C#N)C(C)C. The van der Waals surface area contributed by atoms with Crippen LogP contribution < -0.4 is 5.32 Å². The predicted octanol–water partition coefficient (Wildman–Crippen LogP) is 3.57. The van der Waals surface area contributed by atoms with E-state index in [-0.39, 0.29) is 22.8 Å². The predicted molar refractivity (Wildman–Crippen MR) is 118 cm³/mol. The van der Waals surface area contributed by atoms with E-state index in [4.69, 9.17) is 0 Å². The molecule has 166 valence electrons. The van der Waals surface area contributed by atoms with Crippen molar-refractivity contribution in [1.82, 2.24) is 14.6 Å². The second kappa shape index (κ2) is 10.1. The summed E-state index contributed by atoms with van der Waals surface area (Å²) in [4.78, 5) is 16.9. The molecule has 1 aliphatic carbocycles. The van der Waals surface area contributed by atoms with Gasteiger partial charge in [0.25, 0.3) is 0 Å². The van der Waals surface area contributed by atoms with Crippen molar-refractivity contribution in [2.24, 2.45) is 5.92 Å². The highest BCUT2D eigenvalue weighted by molar-refractivity contribution is 8.00. The van der Waals surface area contributed by atoms with Gasteiger partial charge in [0.15, 0.2) is 0 Å². The van der Waals surface area contributed by atoms with Crippen LogP contribution in [0.2, 0.25) is 0 Å². The fraction of sp³-hybridized carbons (Fsp3) is 0.667.